The number of halogens is 1. The first-order chi connectivity index (χ1) is 14.2. The Kier molecular flexibility index (Phi) is 10.7. The Hall–Kier alpha value is -1.74. The number of rotatable bonds is 12. The lowest BCUT2D eigenvalue weighted by Crippen LogP contribution is -2.45. The van der Waals surface area contributed by atoms with Crippen LogP contribution < -0.4 is 0 Å². The molecule has 0 aliphatic carbocycles. The van der Waals surface area contributed by atoms with E-state index in [-0.39, 0.29) is 31.9 Å². The molecular weight excluding hydrogens is 481 g/mol. The summed E-state index contributed by atoms with van der Waals surface area (Å²) in [5.74, 6) is -2.14. The normalized spacial score (nSPS) is 12.4. The maximum Gasteiger partial charge on any atom is 0.383 e. The summed E-state index contributed by atoms with van der Waals surface area (Å²) in [4.78, 5) is 30.0. The highest BCUT2D eigenvalue weighted by Crippen LogP contribution is 2.52. The fourth-order valence-corrected chi connectivity index (χ4v) is 4.08. The van der Waals surface area contributed by atoms with Crippen LogP contribution in [0.3, 0.4) is 0 Å². The molecule has 1 aromatic rings. The Labute approximate surface area is 184 Å². The third-order valence-electron chi connectivity index (χ3n) is 3.50. The van der Waals surface area contributed by atoms with Crippen LogP contribution in [0.4, 0.5) is 0 Å². The van der Waals surface area contributed by atoms with Crippen molar-refractivity contribution in [3.05, 3.63) is 35.4 Å². The summed E-state index contributed by atoms with van der Waals surface area (Å²) in [7, 11) is -3.94. The number of benzene rings is 1. The van der Waals surface area contributed by atoms with Crippen molar-refractivity contribution in [2.24, 2.45) is 5.16 Å². The Morgan fingerprint density at radius 2 is 1.40 bits per heavy atom. The summed E-state index contributed by atoms with van der Waals surface area (Å²) >= 11 is 2.93. The van der Waals surface area contributed by atoms with Crippen molar-refractivity contribution in [1.29, 1.82) is 0 Å². The van der Waals surface area contributed by atoms with Crippen molar-refractivity contribution in [2.45, 2.75) is 39.1 Å². The van der Waals surface area contributed by atoms with E-state index in [1.807, 2.05) is 6.92 Å². The molecule has 0 saturated carbocycles. The van der Waals surface area contributed by atoms with Crippen molar-refractivity contribution in [3.63, 3.8) is 0 Å². The van der Waals surface area contributed by atoms with E-state index in [1.54, 1.807) is 52.0 Å². The van der Waals surface area contributed by atoms with Crippen LogP contribution in [0.25, 0.3) is 0 Å². The number of carbonyl (C=O) groups is 2. The predicted octanol–water partition coefficient (Wildman–Crippen LogP) is 4.16. The molecule has 0 aromatic heterocycles. The molecule has 0 radical (unpaired) electrons. The van der Waals surface area contributed by atoms with E-state index in [4.69, 9.17) is 23.4 Å². The van der Waals surface area contributed by atoms with E-state index in [1.165, 1.54) is 0 Å². The van der Waals surface area contributed by atoms with Crippen molar-refractivity contribution < 1.29 is 37.5 Å². The molecule has 0 spiro atoms. The number of esters is 2. The molecule has 0 heterocycles. The van der Waals surface area contributed by atoms with Crippen molar-refractivity contribution in [3.8, 4) is 0 Å². The van der Waals surface area contributed by atoms with E-state index in [0.717, 1.165) is 5.56 Å². The summed E-state index contributed by atoms with van der Waals surface area (Å²) in [6, 6.07) is 6.83. The van der Waals surface area contributed by atoms with E-state index < -0.39 is 24.0 Å². The highest BCUT2D eigenvalue weighted by molar-refractivity contribution is 9.10. The lowest BCUT2D eigenvalue weighted by atomic mass is 10.2. The number of nitrogens with zero attached hydrogens (tertiary/aromatic N) is 1. The Morgan fingerprint density at radius 3 is 1.80 bits per heavy atom. The minimum absolute atomic E-state index is 0.0140. The maximum absolute atomic E-state index is 13.4. The van der Waals surface area contributed by atoms with Gasteiger partial charge >= 0.3 is 24.0 Å². The molecule has 30 heavy (non-hydrogen) atoms. The first-order valence-electron chi connectivity index (χ1n) is 9.44. The fraction of sp³-hybridized carbons (Fsp3) is 0.526. The van der Waals surface area contributed by atoms with E-state index >= 15 is 0 Å². The van der Waals surface area contributed by atoms with Crippen LogP contribution in [-0.4, -0.2) is 48.3 Å². The van der Waals surface area contributed by atoms with Gasteiger partial charge in [-0.3, -0.25) is 4.57 Å². The van der Waals surface area contributed by atoms with Crippen LogP contribution >= 0.6 is 23.5 Å². The molecule has 0 saturated heterocycles. The molecule has 1 aromatic carbocycles. The molecule has 168 valence electrons. The van der Waals surface area contributed by atoms with E-state index in [0.29, 0.717) is 5.56 Å². The van der Waals surface area contributed by atoms with Crippen LogP contribution in [0.1, 0.15) is 38.8 Å². The number of oxime groups is 1. The van der Waals surface area contributed by atoms with Gasteiger partial charge in [0.25, 0.3) is 0 Å². The van der Waals surface area contributed by atoms with Crippen LogP contribution in [0.2, 0.25) is 0 Å². The van der Waals surface area contributed by atoms with Crippen molar-refractivity contribution >= 4 is 40.9 Å². The van der Waals surface area contributed by atoms with Gasteiger partial charge in [0.05, 0.1) is 26.4 Å². The molecule has 0 atom stereocenters. The minimum Gasteiger partial charge on any atom is -0.462 e. The molecule has 11 heteroatoms. The SMILES string of the molecule is CCOC(=O)C(Br)(O/N=C(/c1ccc(C)cc1)P(=O)(OCC)OCC)C(=O)OCC. The summed E-state index contributed by atoms with van der Waals surface area (Å²) in [6.07, 6.45) is 0. The highest BCUT2D eigenvalue weighted by atomic mass is 79.9. The van der Waals surface area contributed by atoms with Crippen molar-refractivity contribution in [2.75, 3.05) is 26.4 Å². The maximum atomic E-state index is 13.4. The lowest BCUT2D eigenvalue weighted by molar-refractivity contribution is -0.176. The van der Waals surface area contributed by atoms with Crippen molar-refractivity contribution in [1.82, 2.24) is 0 Å². The molecule has 0 bridgehead atoms. The van der Waals surface area contributed by atoms with Crippen LogP contribution in [0, 0.1) is 6.92 Å². The molecular formula is C19H27BrNO8P. The third kappa shape index (κ3) is 6.63. The predicted molar refractivity (Wildman–Crippen MR) is 115 cm³/mol. The zero-order valence-electron chi connectivity index (χ0n) is 17.7. The van der Waals surface area contributed by atoms with Gasteiger partial charge in [0.2, 0.25) is 0 Å². The van der Waals surface area contributed by atoms with E-state index in [9.17, 15) is 14.2 Å². The van der Waals surface area contributed by atoms with Crippen LogP contribution in [0.15, 0.2) is 29.4 Å². The standard InChI is InChI=1S/C19H27BrNO8P/c1-6-25-17(22)19(20,18(23)26-7-2)29-21-16(15-12-10-14(5)11-13-15)30(24,27-8-3)28-9-4/h10-13H,6-9H2,1-5H3/b21-16-. The monoisotopic (exact) mass is 507 g/mol. The molecule has 0 fully saturated rings. The van der Waals surface area contributed by atoms with Gasteiger partial charge in [-0.15, -0.1) is 0 Å². The third-order valence-corrected chi connectivity index (χ3v) is 6.35. The Balaban J connectivity index is 3.52. The number of alkyl halides is 1. The average molecular weight is 508 g/mol. The number of hydrogen-bond acceptors (Lipinski definition) is 9. The van der Waals surface area contributed by atoms with Gasteiger partial charge in [-0.25, -0.2) is 9.59 Å². The topological polar surface area (TPSA) is 110 Å². The zero-order chi connectivity index (χ0) is 22.8. The Morgan fingerprint density at radius 1 is 0.933 bits per heavy atom. The van der Waals surface area contributed by atoms with Gasteiger partial charge in [0.1, 0.15) is 0 Å². The van der Waals surface area contributed by atoms with Gasteiger partial charge in [0, 0.05) is 5.56 Å². The Bertz CT molecular complexity index is 768. The first kappa shape index (κ1) is 26.3. The van der Waals surface area contributed by atoms with Crippen LogP contribution in [0.5, 0.6) is 0 Å². The second-order valence-electron chi connectivity index (χ2n) is 5.74. The lowest BCUT2D eigenvalue weighted by Gasteiger charge is -2.23. The number of carbonyl (C=O) groups excluding carboxylic acids is 2. The largest absolute Gasteiger partial charge is 0.462 e. The van der Waals surface area contributed by atoms with Gasteiger partial charge < -0.3 is 23.4 Å². The number of ether oxygens (including phenoxy) is 2. The minimum atomic E-state index is -3.94. The fourth-order valence-electron chi connectivity index (χ4n) is 2.17. The first-order valence-corrected chi connectivity index (χ1v) is 11.8. The van der Waals surface area contributed by atoms with Crippen LogP contribution in [-0.2, 0) is 37.5 Å². The summed E-state index contributed by atoms with van der Waals surface area (Å²) in [5.41, 5.74) is 1.12. The molecule has 0 amide bonds. The zero-order valence-corrected chi connectivity index (χ0v) is 20.2. The molecule has 0 unspecified atom stereocenters. The van der Waals surface area contributed by atoms with Gasteiger partial charge in [-0.2, -0.15) is 0 Å². The van der Waals surface area contributed by atoms with Gasteiger partial charge in [-0.05, 0) is 50.5 Å². The molecule has 1 rings (SSSR count). The summed E-state index contributed by atoms with van der Waals surface area (Å²) in [6.45, 7) is 8.41. The molecule has 0 N–H and O–H groups in total. The molecule has 0 aliphatic heterocycles. The highest BCUT2D eigenvalue weighted by Gasteiger charge is 2.51. The second-order valence-corrected chi connectivity index (χ2v) is 8.79. The smallest absolute Gasteiger partial charge is 0.383 e. The van der Waals surface area contributed by atoms with Gasteiger partial charge in [0.15, 0.2) is 5.45 Å². The van der Waals surface area contributed by atoms with Gasteiger partial charge in [-0.1, -0.05) is 35.0 Å². The number of aryl methyl sites for hydroxylation is 1. The number of hydrogen-bond donors (Lipinski definition) is 0. The molecule has 9 nitrogen and oxygen atoms in total. The second kappa shape index (κ2) is 12.2. The average Bonchev–Trinajstić information content (AvgIpc) is 2.70. The van der Waals surface area contributed by atoms with E-state index in [2.05, 4.69) is 21.1 Å². The summed E-state index contributed by atoms with van der Waals surface area (Å²) in [5, 5.41) is 3.87. The molecule has 0 aliphatic rings. The quantitative estimate of drug-likeness (QED) is 0.103. The summed E-state index contributed by atoms with van der Waals surface area (Å²) < 4.78 is 31.6.